The summed E-state index contributed by atoms with van der Waals surface area (Å²) in [4.78, 5) is 4.41. The fraction of sp³-hybridized carbons (Fsp3) is 0.545. The van der Waals surface area contributed by atoms with Crippen molar-refractivity contribution in [1.29, 1.82) is 0 Å². The molecule has 0 spiro atoms. The van der Waals surface area contributed by atoms with Gasteiger partial charge in [0.25, 0.3) is 5.90 Å². The van der Waals surface area contributed by atoms with Gasteiger partial charge in [-0.15, -0.1) is 0 Å². The highest BCUT2D eigenvalue weighted by molar-refractivity contribution is 5.92. The fourth-order valence-electron chi connectivity index (χ4n) is 1.13. The number of hydrogen-bond donors (Lipinski definition) is 0. The minimum absolute atomic E-state index is 0.138. The molecule has 3 heteroatoms. The number of allylic oxidation sites excluding steroid dienone is 1. The lowest BCUT2D eigenvalue weighted by molar-refractivity contribution is 0.232. The fourth-order valence-corrected chi connectivity index (χ4v) is 1.13. The number of rotatable bonds is 4. The molecule has 3 nitrogen and oxygen atoms in total. The molecular formula is C11H17NO2. The van der Waals surface area contributed by atoms with Gasteiger partial charge in [-0.05, 0) is 26.8 Å². The van der Waals surface area contributed by atoms with Gasteiger partial charge in [-0.2, -0.15) is 0 Å². The lowest BCUT2D eigenvalue weighted by Crippen LogP contribution is -2.17. The summed E-state index contributed by atoms with van der Waals surface area (Å²) >= 11 is 0. The Morgan fingerprint density at radius 3 is 2.86 bits per heavy atom. The number of aliphatic imine (C=N–C) groups is 1. The van der Waals surface area contributed by atoms with Gasteiger partial charge in [-0.1, -0.05) is 12.7 Å². The van der Waals surface area contributed by atoms with Crippen LogP contribution in [0, 0.1) is 0 Å². The lowest BCUT2D eigenvalue weighted by atomic mass is 10.1. The molecule has 0 N–H and O–H groups in total. The van der Waals surface area contributed by atoms with E-state index in [9.17, 15) is 0 Å². The topological polar surface area (TPSA) is 30.8 Å². The van der Waals surface area contributed by atoms with Crippen LogP contribution in [0.3, 0.4) is 0 Å². The van der Waals surface area contributed by atoms with Gasteiger partial charge in [0.05, 0.1) is 5.54 Å². The Bertz CT molecular complexity index is 277. The molecule has 0 aliphatic carbocycles. The first-order valence-corrected chi connectivity index (χ1v) is 4.72. The van der Waals surface area contributed by atoms with Crippen molar-refractivity contribution >= 4 is 5.90 Å². The number of ether oxygens (including phenoxy) is 2. The van der Waals surface area contributed by atoms with Crippen molar-refractivity contribution in [2.45, 2.75) is 26.3 Å². The van der Waals surface area contributed by atoms with Crippen molar-refractivity contribution in [2.24, 2.45) is 4.99 Å². The van der Waals surface area contributed by atoms with Crippen LogP contribution < -0.4 is 0 Å². The van der Waals surface area contributed by atoms with E-state index in [1.165, 1.54) is 0 Å². The Balaban J connectivity index is 2.68. The van der Waals surface area contributed by atoms with Crippen LogP contribution in [0.1, 0.15) is 20.8 Å². The molecule has 0 fully saturated rings. The van der Waals surface area contributed by atoms with Crippen molar-refractivity contribution in [3.05, 3.63) is 24.5 Å². The molecule has 1 aliphatic heterocycles. The number of nitrogens with zero attached hydrogens (tertiary/aromatic N) is 1. The zero-order valence-electron chi connectivity index (χ0n) is 9.04. The maximum absolute atomic E-state index is 5.44. The molecule has 0 saturated heterocycles. The first-order valence-electron chi connectivity index (χ1n) is 4.72. The summed E-state index contributed by atoms with van der Waals surface area (Å²) in [5.41, 5.74) is -0.138. The Labute approximate surface area is 85.1 Å². The van der Waals surface area contributed by atoms with Crippen LogP contribution in [0.15, 0.2) is 29.5 Å². The molecule has 0 unspecified atom stereocenters. The van der Waals surface area contributed by atoms with E-state index >= 15 is 0 Å². The maximum atomic E-state index is 5.44. The summed E-state index contributed by atoms with van der Waals surface area (Å²) < 4.78 is 10.8. The second kappa shape index (κ2) is 4.31. The van der Waals surface area contributed by atoms with Gasteiger partial charge in [-0.3, -0.25) is 0 Å². The van der Waals surface area contributed by atoms with Crippen LogP contribution in [0.4, 0.5) is 0 Å². The molecule has 14 heavy (non-hydrogen) atoms. The second-order valence-corrected chi connectivity index (χ2v) is 3.77. The van der Waals surface area contributed by atoms with Gasteiger partial charge in [-0.25, -0.2) is 4.99 Å². The van der Waals surface area contributed by atoms with Crippen LogP contribution in [0.25, 0.3) is 0 Å². The van der Waals surface area contributed by atoms with E-state index < -0.39 is 0 Å². The third-order valence-electron chi connectivity index (χ3n) is 1.80. The molecule has 0 aromatic carbocycles. The third kappa shape index (κ3) is 2.62. The van der Waals surface area contributed by atoms with Crippen LogP contribution in [-0.4, -0.2) is 24.7 Å². The molecule has 0 amide bonds. The minimum atomic E-state index is -0.138. The predicted octanol–water partition coefficient (Wildman–Crippen LogP) is 2.30. The average molecular weight is 195 g/mol. The van der Waals surface area contributed by atoms with Gasteiger partial charge in [0.1, 0.15) is 13.2 Å². The zero-order chi connectivity index (χ0) is 10.6. The molecule has 0 aromatic rings. The molecule has 0 aromatic heterocycles. The molecule has 0 saturated carbocycles. The van der Waals surface area contributed by atoms with Gasteiger partial charge in [0, 0.05) is 0 Å². The maximum Gasteiger partial charge on any atom is 0.252 e. The molecule has 78 valence electrons. The molecule has 0 atom stereocenters. The van der Waals surface area contributed by atoms with Crippen molar-refractivity contribution in [2.75, 3.05) is 13.2 Å². The Morgan fingerprint density at radius 2 is 2.43 bits per heavy atom. The Kier molecular flexibility index (Phi) is 3.33. The highest BCUT2D eigenvalue weighted by Gasteiger charge is 2.28. The minimum Gasteiger partial charge on any atom is -0.484 e. The van der Waals surface area contributed by atoms with Crippen LogP contribution >= 0.6 is 0 Å². The van der Waals surface area contributed by atoms with E-state index in [2.05, 4.69) is 11.6 Å². The van der Waals surface area contributed by atoms with E-state index in [4.69, 9.17) is 9.47 Å². The Hall–Kier alpha value is -1.25. The van der Waals surface area contributed by atoms with Gasteiger partial charge < -0.3 is 9.47 Å². The quantitative estimate of drug-likeness (QED) is 0.509. The first-order chi connectivity index (χ1) is 6.59. The predicted molar refractivity (Wildman–Crippen MR) is 57.4 cm³/mol. The first kappa shape index (κ1) is 10.8. The SMILES string of the molecule is C=CCO/C(=C/C)C1=NC(C)(C)CO1. The van der Waals surface area contributed by atoms with Gasteiger partial charge >= 0.3 is 0 Å². The normalized spacial score (nSPS) is 19.9. The Morgan fingerprint density at radius 1 is 1.71 bits per heavy atom. The van der Waals surface area contributed by atoms with Crippen molar-refractivity contribution in [1.82, 2.24) is 0 Å². The van der Waals surface area contributed by atoms with Crippen molar-refractivity contribution in [3.63, 3.8) is 0 Å². The van der Waals surface area contributed by atoms with E-state index in [1.54, 1.807) is 6.08 Å². The smallest absolute Gasteiger partial charge is 0.252 e. The molecular weight excluding hydrogens is 178 g/mol. The lowest BCUT2D eigenvalue weighted by Gasteiger charge is -2.07. The summed E-state index contributed by atoms with van der Waals surface area (Å²) in [7, 11) is 0. The molecule has 1 aliphatic rings. The summed E-state index contributed by atoms with van der Waals surface area (Å²) in [6.07, 6.45) is 3.55. The molecule has 1 rings (SSSR count). The van der Waals surface area contributed by atoms with Crippen molar-refractivity contribution in [3.8, 4) is 0 Å². The van der Waals surface area contributed by atoms with Crippen LogP contribution in [0.2, 0.25) is 0 Å². The zero-order valence-corrected chi connectivity index (χ0v) is 9.04. The van der Waals surface area contributed by atoms with Crippen LogP contribution in [-0.2, 0) is 9.47 Å². The van der Waals surface area contributed by atoms with Crippen LogP contribution in [0.5, 0.6) is 0 Å². The highest BCUT2D eigenvalue weighted by Crippen LogP contribution is 2.20. The summed E-state index contributed by atoms with van der Waals surface area (Å²) in [5.74, 6) is 1.29. The third-order valence-corrected chi connectivity index (χ3v) is 1.80. The van der Waals surface area contributed by atoms with Gasteiger partial charge in [0.15, 0.2) is 5.76 Å². The summed E-state index contributed by atoms with van der Waals surface area (Å²) in [6, 6.07) is 0. The van der Waals surface area contributed by atoms with E-state index in [1.807, 2.05) is 26.8 Å². The van der Waals surface area contributed by atoms with E-state index in [0.29, 0.717) is 24.9 Å². The van der Waals surface area contributed by atoms with E-state index in [-0.39, 0.29) is 5.54 Å². The molecule has 1 heterocycles. The summed E-state index contributed by atoms with van der Waals surface area (Å²) in [5, 5.41) is 0. The van der Waals surface area contributed by atoms with Gasteiger partial charge in [0.2, 0.25) is 0 Å². The monoisotopic (exact) mass is 195 g/mol. The standard InChI is InChI=1S/C11H17NO2/c1-5-7-13-9(6-2)10-12-11(3,4)8-14-10/h5-6H,1,7-8H2,2-4H3/b9-6+. The largest absolute Gasteiger partial charge is 0.484 e. The van der Waals surface area contributed by atoms with Crippen molar-refractivity contribution < 1.29 is 9.47 Å². The van der Waals surface area contributed by atoms with E-state index in [0.717, 1.165) is 0 Å². The highest BCUT2D eigenvalue weighted by atomic mass is 16.5. The molecule has 0 radical (unpaired) electrons. The summed E-state index contributed by atoms with van der Waals surface area (Å²) in [6.45, 7) is 10.6. The number of hydrogen-bond acceptors (Lipinski definition) is 3. The average Bonchev–Trinajstić information content (AvgIpc) is 2.48. The molecule has 0 bridgehead atoms. The second-order valence-electron chi connectivity index (χ2n) is 3.77.